The van der Waals surface area contributed by atoms with E-state index in [0.29, 0.717) is 10.7 Å². The van der Waals surface area contributed by atoms with E-state index in [1.54, 1.807) is 24.4 Å². The summed E-state index contributed by atoms with van der Waals surface area (Å²) in [6.45, 7) is 0. The van der Waals surface area contributed by atoms with Crippen molar-refractivity contribution in [2.45, 2.75) is 10.1 Å². The maximum Gasteiger partial charge on any atom is 0.155 e. The predicted molar refractivity (Wildman–Crippen MR) is 57.0 cm³/mol. The zero-order chi connectivity index (χ0) is 10.7. The minimum atomic E-state index is -0.368. The molecule has 0 unspecified atom stereocenters. The highest BCUT2D eigenvalue weighted by atomic mass is 32.2. The minimum Gasteiger partial charge on any atom is -0.397 e. The van der Waals surface area contributed by atoms with Crippen LogP contribution in [0.3, 0.4) is 0 Å². The van der Waals surface area contributed by atoms with Crippen LogP contribution in [-0.4, -0.2) is 9.97 Å². The van der Waals surface area contributed by atoms with Crippen molar-refractivity contribution >= 4 is 17.4 Å². The maximum atomic E-state index is 13.3. The van der Waals surface area contributed by atoms with Gasteiger partial charge in [0.05, 0.1) is 5.69 Å². The molecule has 15 heavy (non-hydrogen) atoms. The van der Waals surface area contributed by atoms with E-state index in [1.165, 1.54) is 12.3 Å². The van der Waals surface area contributed by atoms with E-state index in [1.807, 2.05) is 0 Å². The molecule has 0 bridgehead atoms. The molecule has 2 aromatic heterocycles. The van der Waals surface area contributed by atoms with Crippen LogP contribution in [0.4, 0.5) is 10.1 Å². The molecule has 0 saturated heterocycles. The molecular formula is C10H8FN3S. The van der Waals surface area contributed by atoms with Gasteiger partial charge in [-0.3, -0.25) is 0 Å². The van der Waals surface area contributed by atoms with Crippen LogP contribution in [0.15, 0.2) is 46.7 Å². The molecule has 76 valence electrons. The van der Waals surface area contributed by atoms with Gasteiger partial charge in [0.15, 0.2) is 5.82 Å². The van der Waals surface area contributed by atoms with Gasteiger partial charge in [-0.05, 0) is 36.0 Å². The number of hydrogen-bond acceptors (Lipinski definition) is 4. The fraction of sp³-hybridized carbons (Fsp3) is 0. The van der Waals surface area contributed by atoms with E-state index < -0.39 is 0 Å². The van der Waals surface area contributed by atoms with E-state index in [-0.39, 0.29) is 10.8 Å². The molecule has 0 aliphatic rings. The van der Waals surface area contributed by atoms with Crippen LogP contribution in [0.2, 0.25) is 0 Å². The van der Waals surface area contributed by atoms with E-state index in [4.69, 9.17) is 5.73 Å². The molecule has 2 heterocycles. The quantitative estimate of drug-likeness (QED) is 0.845. The normalized spacial score (nSPS) is 10.2. The fourth-order valence-corrected chi connectivity index (χ4v) is 1.79. The Labute approximate surface area is 90.6 Å². The number of nitrogens with two attached hydrogens (primary N) is 1. The number of hydrogen-bond donors (Lipinski definition) is 1. The zero-order valence-electron chi connectivity index (χ0n) is 7.72. The monoisotopic (exact) mass is 221 g/mol. The molecule has 0 radical (unpaired) electrons. The molecule has 5 heteroatoms. The van der Waals surface area contributed by atoms with Crippen LogP contribution in [-0.2, 0) is 0 Å². The average Bonchev–Trinajstić information content (AvgIpc) is 2.24. The third kappa shape index (κ3) is 2.24. The third-order valence-electron chi connectivity index (χ3n) is 1.72. The molecule has 0 aliphatic heterocycles. The minimum absolute atomic E-state index is 0.280. The molecule has 2 N–H and O–H groups in total. The van der Waals surface area contributed by atoms with Crippen LogP contribution in [0.5, 0.6) is 0 Å². The molecule has 0 spiro atoms. The standard InChI is InChI=1S/C10H8FN3S/c11-7-3-1-5-13-9(7)15-10-8(12)4-2-6-14-10/h1-6H,12H2. The summed E-state index contributed by atoms with van der Waals surface area (Å²) in [6, 6.07) is 6.35. The van der Waals surface area contributed by atoms with Gasteiger partial charge >= 0.3 is 0 Å². The van der Waals surface area contributed by atoms with Crippen molar-refractivity contribution in [2.24, 2.45) is 0 Å². The molecule has 0 atom stereocenters. The number of anilines is 1. The highest BCUT2D eigenvalue weighted by molar-refractivity contribution is 7.99. The van der Waals surface area contributed by atoms with Crippen molar-refractivity contribution < 1.29 is 4.39 Å². The van der Waals surface area contributed by atoms with Crippen LogP contribution >= 0.6 is 11.8 Å². The topological polar surface area (TPSA) is 51.8 Å². The summed E-state index contributed by atoms with van der Waals surface area (Å²) in [4.78, 5) is 7.95. The van der Waals surface area contributed by atoms with Crippen molar-refractivity contribution in [3.05, 3.63) is 42.5 Å². The van der Waals surface area contributed by atoms with Crippen LogP contribution in [0, 0.1) is 5.82 Å². The number of pyridine rings is 2. The largest absolute Gasteiger partial charge is 0.397 e. The Kier molecular flexibility index (Phi) is 2.82. The summed E-state index contributed by atoms with van der Waals surface area (Å²) in [5.74, 6) is -0.368. The van der Waals surface area contributed by atoms with E-state index in [9.17, 15) is 4.39 Å². The smallest absolute Gasteiger partial charge is 0.155 e. The Hall–Kier alpha value is -1.62. The second-order valence-corrected chi connectivity index (χ2v) is 3.77. The summed E-state index contributed by atoms with van der Waals surface area (Å²) in [6.07, 6.45) is 3.14. The first-order valence-electron chi connectivity index (χ1n) is 4.26. The predicted octanol–water partition coefficient (Wildman–Crippen LogP) is 2.35. The summed E-state index contributed by atoms with van der Waals surface area (Å²) < 4.78 is 13.3. The van der Waals surface area contributed by atoms with Crippen molar-refractivity contribution in [1.29, 1.82) is 0 Å². The molecule has 0 saturated carbocycles. The average molecular weight is 221 g/mol. The first-order valence-corrected chi connectivity index (χ1v) is 5.08. The molecular weight excluding hydrogens is 213 g/mol. The Morgan fingerprint density at radius 3 is 2.40 bits per heavy atom. The molecule has 0 aliphatic carbocycles. The number of aromatic nitrogens is 2. The van der Waals surface area contributed by atoms with Gasteiger partial charge in [0.1, 0.15) is 10.1 Å². The lowest BCUT2D eigenvalue weighted by Gasteiger charge is -2.03. The van der Waals surface area contributed by atoms with E-state index in [0.717, 1.165) is 11.8 Å². The maximum absolute atomic E-state index is 13.3. The van der Waals surface area contributed by atoms with E-state index in [2.05, 4.69) is 9.97 Å². The highest BCUT2D eigenvalue weighted by Gasteiger charge is 2.07. The van der Waals surface area contributed by atoms with E-state index >= 15 is 0 Å². The fourth-order valence-electron chi connectivity index (χ4n) is 1.03. The summed E-state index contributed by atoms with van der Waals surface area (Å²) >= 11 is 1.12. The van der Waals surface area contributed by atoms with Gasteiger partial charge in [-0.25, -0.2) is 14.4 Å². The van der Waals surface area contributed by atoms with Crippen LogP contribution in [0.1, 0.15) is 0 Å². The molecule has 3 nitrogen and oxygen atoms in total. The molecule has 0 fully saturated rings. The Morgan fingerprint density at radius 2 is 1.73 bits per heavy atom. The zero-order valence-corrected chi connectivity index (χ0v) is 8.54. The molecule has 0 aromatic carbocycles. The van der Waals surface area contributed by atoms with Gasteiger partial charge in [-0.2, -0.15) is 0 Å². The number of nitrogen functional groups attached to an aromatic ring is 1. The molecule has 0 amide bonds. The van der Waals surface area contributed by atoms with Crippen molar-refractivity contribution in [2.75, 3.05) is 5.73 Å². The highest BCUT2D eigenvalue weighted by Crippen LogP contribution is 2.29. The number of rotatable bonds is 2. The SMILES string of the molecule is Nc1cccnc1Sc1ncccc1F. The van der Waals surface area contributed by atoms with Gasteiger partial charge in [0.2, 0.25) is 0 Å². The van der Waals surface area contributed by atoms with Gasteiger partial charge in [0, 0.05) is 12.4 Å². The second-order valence-electron chi connectivity index (χ2n) is 2.79. The van der Waals surface area contributed by atoms with Gasteiger partial charge in [-0.1, -0.05) is 0 Å². The number of halogens is 1. The first-order chi connectivity index (χ1) is 7.27. The van der Waals surface area contributed by atoms with Crippen LogP contribution < -0.4 is 5.73 Å². The van der Waals surface area contributed by atoms with Crippen molar-refractivity contribution in [3.63, 3.8) is 0 Å². The van der Waals surface area contributed by atoms with Crippen molar-refractivity contribution in [3.8, 4) is 0 Å². The Morgan fingerprint density at radius 1 is 1.07 bits per heavy atom. The van der Waals surface area contributed by atoms with Gasteiger partial charge in [0.25, 0.3) is 0 Å². The summed E-state index contributed by atoms with van der Waals surface area (Å²) in [5.41, 5.74) is 6.21. The lowest BCUT2D eigenvalue weighted by atomic mass is 10.4. The lowest BCUT2D eigenvalue weighted by molar-refractivity contribution is 0.588. The summed E-state index contributed by atoms with van der Waals surface area (Å²) in [7, 11) is 0. The van der Waals surface area contributed by atoms with Gasteiger partial charge < -0.3 is 5.73 Å². The Balaban J connectivity index is 2.30. The van der Waals surface area contributed by atoms with Crippen LogP contribution in [0.25, 0.3) is 0 Å². The molecule has 2 rings (SSSR count). The summed E-state index contributed by atoms with van der Waals surface area (Å²) in [5, 5.41) is 0.845. The van der Waals surface area contributed by atoms with Gasteiger partial charge in [-0.15, -0.1) is 0 Å². The molecule has 2 aromatic rings. The third-order valence-corrected chi connectivity index (χ3v) is 2.75. The van der Waals surface area contributed by atoms with Crippen molar-refractivity contribution in [1.82, 2.24) is 9.97 Å². The second kappa shape index (κ2) is 4.27. The number of nitrogens with zero attached hydrogens (tertiary/aromatic N) is 2. The Bertz CT molecular complexity index is 432. The first kappa shape index (κ1) is 9.92. The lowest BCUT2D eigenvalue weighted by Crippen LogP contribution is -1.92.